The minimum absolute atomic E-state index is 0.0801. The number of hydrogen-bond acceptors (Lipinski definition) is 8. The number of amides is 3. The minimum Gasteiger partial charge on any atom is -0.493 e. The number of carbonyl (C=O) groups is 2. The maximum Gasteiger partial charge on any atom is 0.332 e. The van der Waals surface area contributed by atoms with Crippen molar-refractivity contribution >= 4 is 40.1 Å². The Morgan fingerprint density at radius 1 is 0.978 bits per heavy atom. The molecule has 0 saturated carbocycles. The van der Waals surface area contributed by atoms with Crippen LogP contribution in [0, 0.1) is 5.82 Å². The van der Waals surface area contributed by atoms with Gasteiger partial charge in [-0.15, -0.1) is 0 Å². The van der Waals surface area contributed by atoms with E-state index in [2.05, 4.69) is 9.88 Å². The fourth-order valence-corrected chi connectivity index (χ4v) is 5.61. The number of halogens is 2. The van der Waals surface area contributed by atoms with Gasteiger partial charge in [-0.3, -0.25) is 14.7 Å². The molecule has 3 aromatic carbocycles. The summed E-state index contributed by atoms with van der Waals surface area (Å²) < 4.78 is 38.4. The topological polar surface area (TPSA) is 93.7 Å². The van der Waals surface area contributed by atoms with E-state index in [0.717, 1.165) is 55.8 Å². The highest BCUT2D eigenvalue weighted by molar-refractivity contribution is 6.30. The standard InChI is InChI=1S/C33H32ClFN4O6/c1-42-30-18-25-27(19-31(30)44-13-3-10-37-11-14-43-15-12-37)36-9-8-28(25)45-29-7-6-24(17-26(29)35)39-32(40)21-38(33(39)41)20-22-4-2-5-23(34)16-22/h2,4-9,16-19H,3,10-15,20-21H2,1H3. The van der Waals surface area contributed by atoms with Gasteiger partial charge in [0.1, 0.15) is 12.3 Å². The third-order valence-corrected chi connectivity index (χ3v) is 7.90. The second-order valence-corrected chi connectivity index (χ2v) is 11.1. The van der Waals surface area contributed by atoms with Crippen molar-refractivity contribution in [3.05, 3.63) is 83.3 Å². The van der Waals surface area contributed by atoms with E-state index in [9.17, 15) is 9.59 Å². The molecule has 3 heterocycles. The lowest BCUT2D eigenvalue weighted by Crippen LogP contribution is -2.37. The van der Waals surface area contributed by atoms with Gasteiger partial charge in [0, 0.05) is 54.9 Å². The van der Waals surface area contributed by atoms with E-state index in [1.807, 2.05) is 6.07 Å². The van der Waals surface area contributed by atoms with Crippen LogP contribution in [0.3, 0.4) is 0 Å². The van der Waals surface area contributed by atoms with Gasteiger partial charge in [0.25, 0.3) is 5.91 Å². The lowest BCUT2D eigenvalue weighted by molar-refractivity contribution is -0.116. The molecule has 0 N–H and O–H groups in total. The van der Waals surface area contributed by atoms with Crippen molar-refractivity contribution in [3.63, 3.8) is 0 Å². The second-order valence-electron chi connectivity index (χ2n) is 10.7. The number of hydrogen-bond donors (Lipinski definition) is 0. The average molecular weight is 635 g/mol. The third kappa shape index (κ3) is 6.95. The molecule has 0 atom stereocenters. The zero-order valence-electron chi connectivity index (χ0n) is 24.7. The zero-order valence-corrected chi connectivity index (χ0v) is 25.5. The molecule has 45 heavy (non-hydrogen) atoms. The maximum absolute atomic E-state index is 15.4. The number of pyridine rings is 1. The van der Waals surface area contributed by atoms with Crippen LogP contribution in [0.25, 0.3) is 10.9 Å². The second kappa shape index (κ2) is 13.7. The van der Waals surface area contributed by atoms with E-state index in [1.54, 1.807) is 49.7 Å². The number of anilines is 1. The average Bonchev–Trinajstić information content (AvgIpc) is 3.32. The Morgan fingerprint density at radius 3 is 2.60 bits per heavy atom. The van der Waals surface area contributed by atoms with Crippen LogP contribution in [0.15, 0.2) is 66.9 Å². The zero-order chi connectivity index (χ0) is 31.3. The first kappa shape index (κ1) is 30.6. The van der Waals surface area contributed by atoms with Gasteiger partial charge in [0.05, 0.1) is 38.1 Å². The lowest BCUT2D eigenvalue weighted by atomic mass is 10.1. The monoisotopic (exact) mass is 634 g/mol. The molecule has 234 valence electrons. The van der Waals surface area contributed by atoms with Crippen LogP contribution < -0.4 is 19.1 Å². The molecule has 1 aromatic heterocycles. The van der Waals surface area contributed by atoms with Gasteiger partial charge in [-0.1, -0.05) is 23.7 Å². The molecule has 0 bridgehead atoms. The summed E-state index contributed by atoms with van der Waals surface area (Å²) in [6.07, 6.45) is 2.41. The highest BCUT2D eigenvalue weighted by Crippen LogP contribution is 2.38. The molecule has 6 rings (SSSR count). The number of nitrogens with zero attached hydrogens (tertiary/aromatic N) is 4. The number of methoxy groups -OCH3 is 1. The summed E-state index contributed by atoms with van der Waals surface area (Å²) in [5.41, 5.74) is 1.48. The molecule has 2 aliphatic rings. The van der Waals surface area contributed by atoms with Crippen LogP contribution in [-0.2, 0) is 16.1 Å². The van der Waals surface area contributed by atoms with Crippen molar-refractivity contribution in [2.24, 2.45) is 0 Å². The van der Waals surface area contributed by atoms with E-state index in [-0.39, 0.29) is 24.5 Å². The molecule has 4 aromatic rings. The Balaban J connectivity index is 1.15. The Labute approximate surface area is 264 Å². The molecule has 10 nitrogen and oxygen atoms in total. The van der Waals surface area contributed by atoms with Crippen molar-refractivity contribution in [3.8, 4) is 23.0 Å². The fourth-order valence-electron chi connectivity index (χ4n) is 5.40. The fraction of sp³-hybridized carbons (Fsp3) is 0.303. The Bertz CT molecular complexity index is 1720. The lowest BCUT2D eigenvalue weighted by Gasteiger charge is -2.26. The van der Waals surface area contributed by atoms with Gasteiger partial charge in [0.2, 0.25) is 0 Å². The van der Waals surface area contributed by atoms with Crippen LogP contribution in [0.4, 0.5) is 14.9 Å². The smallest absolute Gasteiger partial charge is 0.332 e. The van der Waals surface area contributed by atoms with Crippen LogP contribution in [0.1, 0.15) is 12.0 Å². The molecule has 2 saturated heterocycles. The number of urea groups is 1. The summed E-state index contributed by atoms with van der Waals surface area (Å²) >= 11 is 6.06. The third-order valence-electron chi connectivity index (χ3n) is 7.66. The molecule has 3 amide bonds. The van der Waals surface area contributed by atoms with Crippen molar-refractivity contribution in [2.45, 2.75) is 13.0 Å². The molecule has 12 heteroatoms. The van der Waals surface area contributed by atoms with Gasteiger partial charge in [-0.25, -0.2) is 14.1 Å². The number of carbonyl (C=O) groups excluding carboxylic acids is 2. The molecule has 2 aliphatic heterocycles. The van der Waals surface area contributed by atoms with E-state index in [1.165, 1.54) is 17.0 Å². The quantitative estimate of drug-likeness (QED) is 0.149. The van der Waals surface area contributed by atoms with Crippen molar-refractivity contribution in [2.75, 3.05) is 58.0 Å². The van der Waals surface area contributed by atoms with Gasteiger partial charge >= 0.3 is 6.03 Å². The van der Waals surface area contributed by atoms with Crippen molar-refractivity contribution in [1.82, 2.24) is 14.8 Å². The molecule has 0 spiro atoms. The number of imide groups is 1. The SMILES string of the molecule is COc1cc2c(Oc3ccc(N4C(=O)CN(Cc5cccc(Cl)c5)C4=O)cc3F)ccnc2cc1OCCCN1CCOCC1. The summed E-state index contributed by atoms with van der Waals surface area (Å²) in [6, 6.07) is 15.6. The van der Waals surface area contributed by atoms with E-state index in [4.69, 9.17) is 30.5 Å². The van der Waals surface area contributed by atoms with Gasteiger partial charge in [-0.2, -0.15) is 0 Å². The highest BCUT2D eigenvalue weighted by Gasteiger charge is 2.37. The molecular weight excluding hydrogens is 603 g/mol. The normalized spacial score (nSPS) is 15.6. The molecule has 0 aliphatic carbocycles. The van der Waals surface area contributed by atoms with Crippen molar-refractivity contribution < 1.29 is 32.9 Å². The highest BCUT2D eigenvalue weighted by atomic mass is 35.5. The Hall–Kier alpha value is -4.45. The maximum atomic E-state index is 15.4. The molecule has 0 radical (unpaired) electrons. The van der Waals surface area contributed by atoms with Crippen LogP contribution in [-0.4, -0.2) is 79.8 Å². The summed E-state index contributed by atoms with van der Waals surface area (Å²) in [5.74, 6) is 0.126. The minimum atomic E-state index is -0.737. The molecule has 2 fully saturated rings. The van der Waals surface area contributed by atoms with Gasteiger partial charge in [0.15, 0.2) is 23.1 Å². The van der Waals surface area contributed by atoms with Crippen LogP contribution in [0.2, 0.25) is 5.02 Å². The van der Waals surface area contributed by atoms with E-state index >= 15 is 4.39 Å². The van der Waals surface area contributed by atoms with Gasteiger partial charge < -0.3 is 23.8 Å². The number of aromatic nitrogens is 1. The number of morpholine rings is 1. The first-order chi connectivity index (χ1) is 21.9. The van der Waals surface area contributed by atoms with Crippen LogP contribution >= 0.6 is 11.6 Å². The summed E-state index contributed by atoms with van der Waals surface area (Å²) in [5, 5.41) is 1.13. The van der Waals surface area contributed by atoms with Crippen molar-refractivity contribution in [1.29, 1.82) is 0 Å². The summed E-state index contributed by atoms with van der Waals surface area (Å²) in [7, 11) is 1.55. The number of fused-ring (bicyclic) bond motifs is 1. The van der Waals surface area contributed by atoms with Crippen LogP contribution in [0.5, 0.6) is 23.0 Å². The predicted octanol–water partition coefficient (Wildman–Crippen LogP) is 5.90. The van der Waals surface area contributed by atoms with E-state index < -0.39 is 17.8 Å². The summed E-state index contributed by atoms with van der Waals surface area (Å²) in [4.78, 5) is 35.0. The van der Waals surface area contributed by atoms with Gasteiger partial charge in [-0.05, 0) is 48.4 Å². The predicted molar refractivity (Wildman–Crippen MR) is 167 cm³/mol. The largest absolute Gasteiger partial charge is 0.493 e. The number of ether oxygens (including phenoxy) is 4. The summed E-state index contributed by atoms with van der Waals surface area (Å²) in [6.45, 7) is 4.85. The Morgan fingerprint density at radius 2 is 1.82 bits per heavy atom. The first-order valence-corrected chi connectivity index (χ1v) is 15.0. The van der Waals surface area contributed by atoms with E-state index in [0.29, 0.717) is 39.8 Å². The number of benzene rings is 3. The number of rotatable bonds is 11. The Kier molecular flexibility index (Phi) is 9.29. The first-order valence-electron chi connectivity index (χ1n) is 14.6. The molecule has 0 unspecified atom stereocenters. The molecular formula is C33H32ClFN4O6.